The van der Waals surface area contributed by atoms with E-state index in [1.807, 2.05) is 0 Å². The van der Waals surface area contributed by atoms with Crippen LogP contribution in [0, 0.1) is 110 Å². The maximum Gasteiger partial charge on any atom is 0.422 e. The molecule has 1 aliphatic carbocycles. The summed E-state index contributed by atoms with van der Waals surface area (Å²) in [5.74, 6) is -45.8. The maximum absolute atomic E-state index is 15.1. The Morgan fingerprint density at radius 2 is 0.648 bits per heavy atom. The Kier molecular flexibility index (Phi) is 10.0. The van der Waals surface area contributed by atoms with Crippen molar-refractivity contribution in [3.8, 4) is 18.2 Å². The van der Waals surface area contributed by atoms with Crippen molar-refractivity contribution in [2.24, 2.45) is 5.92 Å². The van der Waals surface area contributed by atoms with Gasteiger partial charge in [0.2, 0.25) is 0 Å². The molecule has 0 N–H and O–H groups in total. The number of benzene rings is 3. The predicted molar refractivity (Wildman–Crippen MR) is 131 cm³/mol. The molecule has 2 atom stereocenters. The lowest BCUT2D eigenvalue weighted by molar-refractivity contribution is -0.144. The molecular formula is C30H2F21N3. The molecule has 0 amide bonds. The van der Waals surface area contributed by atoms with E-state index in [9.17, 15) is 81.6 Å². The Morgan fingerprint density at radius 1 is 0.407 bits per heavy atom. The summed E-state index contributed by atoms with van der Waals surface area (Å²) in [7, 11) is 0. The van der Waals surface area contributed by atoms with Crippen molar-refractivity contribution in [3.05, 3.63) is 114 Å². The summed E-state index contributed by atoms with van der Waals surface area (Å²) in [6.07, 6.45) is -18.8. The van der Waals surface area contributed by atoms with Gasteiger partial charge in [-0.05, 0) is 11.1 Å². The summed E-state index contributed by atoms with van der Waals surface area (Å²) in [6, 6.07) is 1.95. The highest BCUT2D eigenvalue weighted by Gasteiger charge is 2.55. The minimum absolute atomic E-state index is 0.621. The molecule has 3 aromatic rings. The Morgan fingerprint density at radius 3 is 0.852 bits per heavy atom. The number of alkyl halides is 9. The molecule has 24 heteroatoms. The lowest BCUT2D eigenvalue weighted by Gasteiger charge is -2.17. The van der Waals surface area contributed by atoms with Crippen LogP contribution in [0.2, 0.25) is 0 Å². The van der Waals surface area contributed by atoms with Crippen molar-refractivity contribution >= 4 is 11.1 Å². The van der Waals surface area contributed by atoms with Crippen LogP contribution in [-0.2, 0) is 18.5 Å². The quantitative estimate of drug-likeness (QED) is 0.150. The predicted octanol–water partition coefficient (Wildman–Crippen LogP) is 10.6. The average molecular weight is 803 g/mol. The number of nitriles is 3. The van der Waals surface area contributed by atoms with Gasteiger partial charge in [0.05, 0.1) is 34.3 Å². The summed E-state index contributed by atoms with van der Waals surface area (Å²) >= 11 is 0. The molecule has 0 aromatic heterocycles. The van der Waals surface area contributed by atoms with E-state index in [0.29, 0.717) is 18.2 Å². The van der Waals surface area contributed by atoms with Crippen molar-refractivity contribution in [1.29, 1.82) is 15.8 Å². The Balaban J connectivity index is 2.28. The fraction of sp³-hybridized carbons (Fsp3) is 0.167. The lowest BCUT2D eigenvalue weighted by atomic mass is 9.90. The molecule has 0 heterocycles. The van der Waals surface area contributed by atoms with E-state index in [-0.39, 0.29) is 0 Å². The molecular weight excluding hydrogens is 801 g/mol. The standard InChI is InChI=1S/C30H2F21N3/c31-16-10(17(32)23(38)13(22(16)37)28(43,44)45)4(1-52)7-8(5(2-53)11-18(33)24(39)14(29(46,47)48)25(40)19(11)34)9(7)6(3-54)12-20(35)26(41)15(30(49,50)51)27(42)21(12)36/h4,7H/b8-5-,9-6+. The molecule has 0 aliphatic heterocycles. The smallest absolute Gasteiger partial charge is 0.203 e. The fourth-order valence-corrected chi connectivity index (χ4v) is 5.33. The summed E-state index contributed by atoms with van der Waals surface area (Å²) in [5, 5.41) is 29.1. The van der Waals surface area contributed by atoms with Crippen LogP contribution >= 0.6 is 0 Å². The zero-order valence-electron chi connectivity index (χ0n) is 24.4. The molecule has 4 rings (SSSR count). The van der Waals surface area contributed by atoms with E-state index in [4.69, 9.17) is 0 Å². The molecule has 54 heavy (non-hydrogen) atoms. The van der Waals surface area contributed by atoms with E-state index in [1.54, 1.807) is 0 Å². The third kappa shape index (κ3) is 6.10. The Hall–Kier alpha value is -5.86. The second-order valence-corrected chi connectivity index (χ2v) is 10.4. The Labute approximate surface area is 282 Å². The van der Waals surface area contributed by atoms with E-state index in [0.717, 1.165) is 0 Å². The monoisotopic (exact) mass is 803 g/mol. The van der Waals surface area contributed by atoms with Gasteiger partial charge in [0.25, 0.3) is 0 Å². The molecule has 1 aliphatic rings. The molecule has 0 saturated heterocycles. The highest BCUT2D eigenvalue weighted by atomic mass is 19.4. The van der Waals surface area contributed by atoms with Crippen molar-refractivity contribution < 1.29 is 92.2 Å². The summed E-state index contributed by atoms with van der Waals surface area (Å²) in [4.78, 5) is 0. The summed E-state index contributed by atoms with van der Waals surface area (Å²) in [5.41, 5.74) is -25.9. The number of allylic oxidation sites excluding steroid dienone is 4. The largest absolute Gasteiger partial charge is 0.422 e. The van der Waals surface area contributed by atoms with Gasteiger partial charge in [0.15, 0.2) is 69.8 Å². The topological polar surface area (TPSA) is 71.4 Å². The first-order valence-electron chi connectivity index (χ1n) is 13.1. The third-order valence-corrected chi connectivity index (χ3v) is 7.55. The van der Waals surface area contributed by atoms with Crippen molar-refractivity contribution in [1.82, 2.24) is 0 Å². The van der Waals surface area contributed by atoms with Gasteiger partial charge in [-0.1, -0.05) is 0 Å². The van der Waals surface area contributed by atoms with Crippen molar-refractivity contribution in [2.45, 2.75) is 24.4 Å². The van der Waals surface area contributed by atoms with E-state index in [1.165, 1.54) is 0 Å². The lowest BCUT2D eigenvalue weighted by Crippen LogP contribution is -2.19. The highest BCUT2D eigenvalue weighted by Crippen LogP contribution is 2.61. The molecule has 3 nitrogen and oxygen atoms in total. The van der Waals surface area contributed by atoms with Crippen LogP contribution in [0.4, 0.5) is 92.2 Å². The van der Waals surface area contributed by atoms with E-state index < -0.39 is 156 Å². The maximum atomic E-state index is 15.1. The molecule has 2 unspecified atom stereocenters. The third-order valence-electron chi connectivity index (χ3n) is 7.55. The molecule has 0 radical (unpaired) electrons. The van der Waals surface area contributed by atoms with Gasteiger partial charge in [-0.15, -0.1) is 0 Å². The molecule has 1 saturated carbocycles. The Bertz CT molecular complexity index is 2160. The van der Waals surface area contributed by atoms with Gasteiger partial charge >= 0.3 is 18.5 Å². The van der Waals surface area contributed by atoms with Crippen LogP contribution in [0.1, 0.15) is 39.3 Å². The number of rotatable bonds is 4. The summed E-state index contributed by atoms with van der Waals surface area (Å²) < 4.78 is 296. The number of nitrogens with zero attached hydrogens (tertiary/aromatic N) is 3. The molecule has 0 bridgehead atoms. The molecule has 284 valence electrons. The van der Waals surface area contributed by atoms with Crippen molar-refractivity contribution in [3.63, 3.8) is 0 Å². The van der Waals surface area contributed by atoms with Crippen LogP contribution in [0.5, 0.6) is 0 Å². The average Bonchev–Trinajstić information content (AvgIpc) is 3.76. The van der Waals surface area contributed by atoms with E-state index >= 15 is 26.3 Å². The van der Waals surface area contributed by atoms with Crippen LogP contribution in [0.25, 0.3) is 11.1 Å². The molecule has 3 aromatic carbocycles. The number of hydrogen-bond donors (Lipinski definition) is 0. The van der Waals surface area contributed by atoms with Gasteiger partial charge in [-0.25, -0.2) is 52.7 Å². The van der Waals surface area contributed by atoms with Crippen LogP contribution < -0.4 is 0 Å². The zero-order valence-corrected chi connectivity index (χ0v) is 24.4. The first-order chi connectivity index (χ1) is 24.6. The SMILES string of the molecule is N#C/C(=C1\C(=C(\C#N)c2c(F)c(F)c(C(F)(F)F)c(F)c2F)C1C(C#N)c1c(F)c(F)c(C(F)(F)F)c(F)c1F)c1c(F)c(F)c(C(F)(F)F)c(F)c1F. The van der Waals surface area contributed by atoms with Crippen LogP contribution in [0.15, 0.2) is 11.1 Å². The number of hydrogen-bond acceptors (Lipinski definition) is 3. The van der Waals surface area contributed by atoms with Gasteiger partial charge in [-0.3, -0.25) is 0 Å². The minimum atomic E-state index is -6.26. The van der Waals surface area contributed by atoms with Gasteiger partial charge in [0, 0.05) is 11.5 Å². The summed E-state index contributed by atoms with van der Waals surface area (Å²) in [6.45, 7) is 0. The first-order valence-corrected chi connectivity index (χ1v) is 13.1. The zero-order chi connectivity index (χ0) is 41.5. The van der Waals surface area contributed by atoms with Gasteiger partial charge in [-0.2, -0.15) is 55.3 Å². The van der Waals surface area contributed by atoms with Crippen LogP contribution in [0.3, 0.4) is 0 Å². The first kappa shape index (κ1) is 40.9. The highest BCUT2D eigenvalue weighted by molar-refractivity contribution is 5.98. The number of halogens is 21. The second kappa shape index (κ2) is 13.2. The second-order valence-electron chi connectivity index (χ2n) is 10.4. The normalized spacial score (nSPS) is 17.1. The van der Waals surface area contributed by atoms with E-state index in [2.05, 4.69) is 0 Å². The molecule has 1 fully saturated rings. The molecule has 0 spiro atoms. The van der Waals surface area contributed by atoms with Gasteiger partial charge < -0.3 is 0 Å². The van der Waals surface area contributed by atoms with Gasteiger partial charge in [0.1, 0.15) is 28.8 Å². The van der Waals surface area contributed by atoms with Crippen molar-refractivity contribution in [2.75, 3.05) is 0 Å². The fourth-order valence-electron chi connectivity index (χ4n) is 5.33. The van der Waals surface area contributed by atoms with Crippen LogP contribution in [-0.4, -0.2) is 0 Å². The minimum Gasteiger partial charge on any atom is -0.203 e.